The van der Waals surface area contributed by atoms with Gasteiger partial charge in [0.1, 0.15) is 11.5 Å². The van der Waals surface area contributed by atoms with Crippen molar-refractivity contribution < 1.29 is 13.6 Å². The summed E-state index contributed by atoms with van der Waals surface area (Å²) in [6, 6.07) is 13.1. The monoisotopic (exact) mass is 402 g/mol. The molecule has 0 spiro atoms. The van der Waals surface area contributed by atoms with E-state index in [1.54, 1.807) is 18.0 Å². The highest BCUT2D eigenvalue weighted by atomic mass is 32.2. The highest BCUT2D eigenvalue weighted by Crippen LogP contribution is 2.17. The van der Waals surface area contributed by atoms with E-state index in [9.17, 15) is 13.6 Å². The van der Waals surface area contributed by atoms with Gasteiger partial charge in [0, 0.05) is 35.8 Å². The van der Waals surface area contributed by atoms with Crippen molar-refractivity contribution >= 4 is 17.8 Å². The Balaban J connectivity index is 1.37. The quantitative estimate of drug-likeness (QED) is 0.440. The number of benzene rings is 2. The average molecular weight is 402 g/mol. The van der Waals surface area contributed by atoms with Gasteiger partial charge in [-0.3, -0.25) is 0 Å². The minimum absolute atomic E-state index is 0.146. The number of halogens is 2. The maximum absolute atomic E-state index is 13.8. The lowest BCUT2D eigenvalue weighted by Crippen LogP contribution is -2.35. The van der Waals surface area contributed by atoms with Crippen molar-refractivity contribution in [2.75, 3.05) is 12.3 Å². The van der Waals surface area contributed by atoms with Crippen LogP contribution in [-0.2, 0) is 6.54 Å². The molecule has 0 fully saturated rings. The summed E-state index contributed by atoms with van der Waals surface area (Å²) in [5.41, 5.74) is 0.853. The fourth-order valence-electron chi connectivity index (χ4n) is 2.48. The van der Waals surface area contributed by atoms with Crippen molar-refractivity contribution in [3.8, 4) is 5.69 Å². The lowest BCUT2D eigenvalue weighted by atomic mass is 10.3. The summed E-state index contributed by atoms with van der Waals surface area (Å²) in [7, 11) is 0. The van der Waals surface area contributed by atoms with Gasteiger partial charge in [0.25, 0.3) is 0 Å². The van der Waals surface area contributed by atoms with Gasteiger partial charge < -0.3 is 10.6 Å². The van der Waals surface area contributed by atoms with E-state index in [0.29, 0.717) is 12.1 Å². The van der Waals surface area contributed by atoms with Crippen LogP contribution in [0.5, 0.6) is 0 Å². The molecule has 0 aliphatic rings. The van der Waals surface area contributed by atoms with Gasteiger partial charge in [0.05, 0.1) is 6.20 Å². The maximum Gasteiger partial charge on any atom is 0.315 e. The van der Waals surface area contributed by atoms with Gasteiger partial charge in [-0.25, -0.2) is 18.3 Å². The van der Waals surface area contributed by atoms with Crippen LogP contribution in [0, 0.1) is 11.6 Å². The normalized spacial score (nSPS) is 10.6. The second-order valence-electron chi connectivity index (χ2n) is 6.01. The Morgan fingerprint density at radius 2 is 1.93 bits per heavy atom. The third-order valence-electron chi connectivity index (χ3n) is 3.86. The number of nitrogens with one attached hydrogen (secondary N) is 2. The topological polar surface area (TPSA) is 59.0 Å². The molecular formula is C20H20F2N4OS. The smallest absolute Gasteiger partial charge is 0.315 e. The van der Waals surface area contributed by atoms with Crippen LogP contribution in [0.3, 0.4) is 0 Å². The van der Waals surface area contributed by atoms with Crippen molar-refractivity contribution in [3.63, 3.8) is 0 Å². The van der Waals surface area contributed by atoms with Crippen LogP contribution in [0.1, 0.15) is 12.0 Å². The molecule has 146 valence electrons. The number of amides is 2. The lowest BCUT2D eigenvalue weighted by molar-refractivity contribution is 0.240. The van der Waals surface area contributed by atoms with Crippen LogP contribution in [0.2, 0.25) is 0 Å². The van der Waals surface area contributed by atoms with Crippen LogP contribution in [0.25, 0.3) is 5.69 Å². The fourth-order valence-corrected chi connectivity index (χ4v) is 3.35. The first-order valence-electron chi connectivity index (χ1n) is 8.80. The molecule has 0 aliphatic heterocycles. The first-order chi connectivity index (χ1) is 13.6. The molecule has 0 aliphatic carbocycles. The number of carbonyl (C=O) groups excluding carboxylic acids is 1. The lowest BCUT2D eigenvalue weighted by Gasteiger charge is -2.07. The van der Waals surface area contributed by atoms with Crippen molar-refractivity contribution in [2.45, 2.75) is 17.9 Å². The minimum atomic E-state index is -0.700. The van der Waals surface area contributed by atoms with Crippen molar-refractivity contribution in [1.29, 1.82) is 0 Å². The summed E-state index contributed by atoms with van der Waals surface area (Å²) in [6.07, 6.45) is 3.97. The van der Waals surface area contributed by atoms with Crippen LogP contribution in [0.4, 0.5) is 13.6 Å². The van der Waals surface area contributed by atoms with E-state index >= 15 is 0 Å². The molecule has 3 rings (SSSR count). The third-order valence-corrected chi connectivity index (χ3v) is 4.96. The molecule has 1 heterocycles. The largest absolute Gasteiger partial charge is 0.338 e. The molecular weight excluding hydrogens is 382 g/mol. The molecule has 0 saturated heterocycles. The van der Waals surface area contributed by atoms with E-state index in [-0.39, 0.29) is 18.3 Å². The Morgan fingerprint density at radius 1 is 1.11 bits per heavy atom. The van der Waals surface area contributed by atoms with Gasteiger partial charge in [0.15, 0.2) is 5.82 Å². The van der Waals surface area contributed by atoms with E-state index in [0.717, 1.165) is 18.2 Å². The van der Waals surface area contributed by atoms with Crippen LogP contribution in [-0.4, -0.2) is 28.1 Å². The molecule has 0 unspecified atom stereocenters. The molecule has 3 aromatic rings. The number of carbonyl (C=O) groups is 1. The van der Waals surface area contributed by atoms with E-state index < -0.39 is 11.6 Å². The number of aromatic nitrogens is 2. The summed E-state index contributed by atoms with van der Waals surface area (Å²) >= 11 is 1.75. The van der Waals surface area contributed by atoms with Gasteiger partial charge >= 0.3 is 6.03 Å². The Labute approximate surface area is 166 Å². The first-order valence-corrected chi connectivity index (χ1v) is 9.79. The zero-order valence-electron chi connectivity index (χ0n) is 15.1. The molecule has 0 saturated carbocycles. The Hall–Kier alpha value is -2.87. The minimum Gasteiger partial charge on any atom is -0.338 e. The van der Waals surface area contributed by atoms with Gasteiger partial charge in [-0.1, -0.05) is 18.2 Å². The van der Waals surface area contributed by atoms with Gasteiger partial charge in [-0.15, -0.1) is 11.8 Å². The molecule has 2 N–H and O–H groups in total. The summed E-state index contributed by atoms with van der Waals surface area (Å²) < 4.78 is 28.1. The molecule has 2 aromatic carbocycles. The first kappa shape index (κ1) is 19.9. The van der Waals surface area contributed by atoms with Crippen molar-refractivity contribution in [1.82, 2.24) is 20.4 Å². The van der Waals surface area contributed by atoms with Crippen molar-refractivity contribution in [2.24, 2.45) is 0 Å². The molecule has 0 bridgehead atoms. The summed E-state index contributed by atoms with van der Waals surface area (Å²) in [6.45, 7) is 0.832. The van der Waals surface area contributed by atoms with Gasteiger partial charge in [0.2, 0.25) is 0 Å². The fraction of sp³-hybridized carbons (Fsp3) is 0.200. The predicted octanol–water partition coefficient (Wildman–Crippen LogP) is 4.13. The van der Waals surface area contributed by atoms with E-state index in [2.05, 4.69) is 27.9 Å². The average Bonchev–Trinajstić information content (AvgIpc) is 3.15. The molecule has 0 radical (unpaired) electrons. The number of urea groups is 1. The number of hydrogen-bond acceptors (Lipinski definition) is 3. The van der Waals surface area contributed by atoms with Gasteiger partial charge in [-0.05, 0) is 36.4 Å². The Morgan fingerprint density at radius 3 is 2.71 bits per heavy atom. The Bertz CT molecular complexity index is 918. The number of rotatable bonds is 8. The zero-order chi connectivity index (χ0) is 19.8. The van der Waals surface area contributed by atoms with Crippen LogP contribution in [0.15, 0.2) is 65.8 Å². The zero-order valence-corrected chi connectivity index (χ0v) is 15.9. The van der Waals surface area contributed by atoms with Crippen molar-refractivity contribution in [3.05, 3.63) is 78.1 Å². The Kier molecular flexibility index (Phi) is 7.02. The molecule has 28 heavy (non-hydrogen) atoms. The number of thioether (sulfide) groups is 1. The summed E-state index contributed by atoms with van der Waals surface area (Å²) in [5, 5.41) is 9.58. The highest BCUT2D eigenvalue weighted by Gasteiger charge is 2.08. The van der Waals surface area contributed by atoms with Crippen LogP contribution >= 0.6 is 11.8 Å². The number of nitrogens with zero attached hydrogens (tertiary/aromatic N) is 2. The molecule has 8 heteroatoms. The SMILES string of the molecule is O=C(NCCCSc1ccccc1)NCc1cnn(-c2ccc(F)cc2F)c1. The summed E-state index contributed by atoms with van der Waals surface area (Å²) in [4.78, 5) is 13.1. The second-order valence-corrected chi connectivity index (χ2v) is 7.18. The predicted molar refractivity (Wildman–Crippen MR) is 106 cm³/mol. The van der Waals surface area contributed by atoms with E-state index in [1.165, 1.54) is 27.9 Å². The standard InChI is InChI=1S/C20H20F2N4OS/c21-16-7-8-19(18(22)11-16)26-14-15(13-25-26)12-24-20(27)23-9-4-10-28-17-5-2-1-3-6-17/h1-3,5-8,11,13-14H,4,9-10,12H2,(H2,23,24,27). The second kappa shape index (κ2) is 9.89. The molecule has 1 aromatic heterocycles. The molecule has 5 nitrogen and oxygen atoms in total. The van der Waals surface area contributed by atoms with E-state index in [4.69, 9.17) is 0 Å². The molecule has 2 amide bonds. The summed E-state index contributed by atoms with van der Waals surface area (Å²) in [5.74, 6) is -0.428. The third kappa shape index (κ3) is 5.82. The molecule has 0 atom stereocenters. The van der Waals surface area contributed by atoms with E-state index in [1.807, 2.05) is 18.2 Å². The van der Waals surface area contributed by atoms with Gasteiger partial charge in [-0.2, -0.15) is 5.10 Å². The number of hydrogen-bond donors (Lipinski definition) is 2. The van der Waals surface area contributed by atoms with Crippen LogP contribution < -0.4 is 10.6 Å². The maximum atomic E-state index is 13.8. The highest BCUT2D eigenvalue weighted by molar-refractivity contribution is 7.99.